The Bertz CT molecular complexity index is 542. The van der Waals surface area contributed by atoms with Crippen molar-refractivity contribution in [1.29, 1.82) is 0 Å². The van der Waals surface area contributed by atoms with Crippen LogP contribution in [0.2, 0.25) is 0 Å². The van der Waals surface area contributed by atoms with E-state index in [0.717, 1.165) is 5.92 Å². The van der Waals surface area contributed by atoms with Gasteiger partial charge in [-0.25, -0.2) is 0 Å². The Morgan fingerprint density at radius 3 is 2.33 bits per heavy atom. The first-order valence-electron chi connectivity index (χ1n) is 8.61. The van der Waals surface area contributed by atoms with E-state index in [1.807, 2.05) is 11.3 Å². The van der Waals surface area contributed by atoms with E-state index < -0.39 is 0 Å². The number of rotatable bonds is 3. The maximum absolute atomic E-state index is 6.63. The van der Waals surface area contributed by atoms with Gasteiger partial charge in [0.2, 0.25) is 0 Å². The number of hydrogen-bond donors (Lipinski definition) is 1. The Labute approximate surface area is 133 Å². The van der Waals surface area contributed by atoms with Gasteiger partial charge in [0.15, 0.2) is 0 Å². The minimum absolute atomic E-state index is 0.257. The minimum atomic E-state index is 0.257. The first kappa shape index (κ1) is 14.3. The fourth-order valence-corrected chi connectivity index (χ4v) is 8.01. The van der Waals surface area contributed by atoms with E-state index in [9.17, 15) is 0 Å². The molecule has 1 aromatic rings. The van der Waals surface area contributed by atoms with Crippen LogP contribution in [0.5, 0.6) is 0 Å². The van der Waals surface area contributed by atoms with Crippen LogP contribution in [-0.4, -0.2) is 0 Å². The fraction of sp³-hybridized carbons (Fsp3) is 0.789. The van der Waals surface area contributed by atoms with E-state index in [2.05, 4.69) is 32.9 Å². The molecule has 4 aliphatic carbocycles. The van der Waals surface area contributed by atoms with Crippen LogP contribution in [-0.2, 0) is 0 Å². The van der Waals surface area contributed by atoms with Crippen molar-refractivity contribution in [3.05, 3.63) is 21.9 Å². The molecule has 3 unspecified atom stereocenters. The number of aryl methyl sites for hydroxylation is 1. The van der Waals surface area contributed by atoms with Gasteiger partial charge in [0.25, 0.3) is 0 Å². The molecule has 1 nitrogen and oxygen atoms in total. The summed E-state index contributed by atoms with van der Waals surface area (Å²) in [6.07, 6.45) is 9.97. The topological polar surface area (TPSA) is 26.0 Å². The van der Waals surface area contributed by atoms with Crippen LogP contribution < -0.4 is 5.73 Å². The second-order valence-corrected chi connectivity index (χ2v) is 10.7. The van der Waals surface area contributed by atoms with Crippen molar-refractivity contribution in [1.82, 2.24) is 0 Å². The lowest BCUT2D eigenvalue weighted by atomic mass is 9.39. The molecule has 2 heteroatoms. The third kappa shape index (κ3) is 2.39. The zero-order valence-corrected chi connectivity index (χ0v) is 14.6. The van der Waals surface area contributed by atoms with Gasteiger partial charge in [-0.15, -0.1) is 11.3 Å². The predicted octanol–water partition coefficient (Wildman–Crippen LogP) is 5.44. The van der Waals surface area contributed by atoms with Gasteiger partial charge in [-0.05, 0) is 86.2 Å². The van der Waals surface area contributed by atoms with Crippen LogP contribution in [0.4, 0.5) is 0 Å². The van der Waals surface area contributed by atoms with Crippen LogP contribution in [0.15, 0.2) is 12.1 Å². The molecule has 0 aromatic carbocycles. The summed E-state index contributed by atoms with van der Waals surface area (Å²) in [4.78, 5) is 2.79. The summed E-state index contributed by atoms with van der Waals surface area (Å²) >= 11 is 1.90. The zero-order chi connectivity index (χ0) is 14.9. The van der Waals surface area contributed by atoms with Gasteiger partial charge in [-0.2, -0.15) is 0 Å². The molecule has 4 fully saturated rings. The molecule has 1 aromatic heterocycles. The summed E-state index contributed by atoms with van der Waals surface area (Å²) in [6, 6.07) is 4.74. The molecular formula is C19H29NS. The van der Waals surface area contributed by atoms with Gasteiger partial charge in [-0.1, -0.05) is 13.8 Å². The van der Waals surface area contributed by atoms with Crippen LogP contribution in [0, 0.1) is 29.1 Å². The molecule has 0 radical (unpaired) electrons. The minimum Gasteiger partial charge on any atom is -0.323 e. The Morgan fingerprint density at radius 2 is 1.81 bits per heavy atom. The van der Waals surface area contributed by atoms with Crippen molar-refractivity contribution in [2.75, 3.05) is 0 Å². The van der Waals surface area contributed by atoms with E-state index in [-0.39, 0.29) is 6.04 Å². The number of thiophene rings is 1. The third-order valence-electron chi connectivity index (χ3n) is 6.52. The highest BCUT2D eigenvalue weighted by molar-refractivity contribution is 7.12. The van der Waals surface area contributed by atoms with Crippen molar-refractivity contribution >= 4 is 11.3 Å². The van der Waals surface area contributed by atoms with Crippen molar-refractivity contribution in [3.63, 3.8) is 0 Å². The zero-order valence-electron chi connectivity index (χ0n) is 13.7. The van der Waals surface area contributed by atoms with Crippen molar-refractivity contribution < 1.29 is 0 Å². The molecule has 0 aliphatic heterocycles. The summed E-state index contributed by atoms with van der Waals surface area (Å²) < 4.78 is 0. The Balaban J connectivity index is 1.59. The average Bonchev–Trinajstić information content (AvgIpc) is 2.70. The first-order chi connectivity index (χ1) is 9.79. The monoisotopic (exact) mass is 303 g/mol. The van der Waals surface area contributed by atoms with E-state index in [0.29, 0.717) is 16.2 Å². The second-order valence-electron chi connectivity index (χ2n) is 9.39. The summed E-state index contributed by atoms with van der Waals surface area (Å²) in [6.45, 7) is 7.31. The predicted molar refractivity (Wildman–Crippen MR) is 90.4 cm³/mol. The first-order valence-corrected chi connectivity index (χ1v) is 9.43. The summed E-state index contributed by atoms with van der Waals surface area (Å²) in [5.74, 6) is 0.980. The van der Waals surface area contributed by atoms with Gasteiger partial charge in [0.1, 0.15) is 0 Å². The lowest BCUT2D eigenvalue weighted by molar-refractivity contribution is -0.149. The average molecular weight is 304 g/mol. The smallest absolute Gasteiger partial charge is 0.0395 e. The van der Waals surface area contributed by atoms with E-state index in [4.69, 9.17) is 5.73 Å². The Morgan fingerprint density at radius 1 is 1.14 bits per heavy atom. The number of nitrogens with two attached hydrogens (primary N) is 1. The van der Waals surface area contributed by atoms with Crippen LogP contribution >= 0.6 is 11.3 Å². The van der Waals surface area contributed by atoms with Gasteiger partial charge in [-0.3, -0.25) is 0 Å². The standard InChI is InChI=1S/C19H29NS/c1-13-4-5-16(21-13)15(20)9-19-8-14-6-17(2,11-19)10-18(3,7-14)12-19/h4-5,14-15H,6-12,20H2,1-3H3. The molecule has 0 amide bonds. The van der Waals surface area contributed by atoms with E-state index >= 15 is 0 Å². The second kappa shape index (κ2) is 4.35. The van der Waals surface area contributed by atoms with E-state index in [1.54, 1.807) is 0 Å². The lowest BCUT2D eigenvalue weighted by Gasteiger charge is -2.66. The van der Waals surface area contributed by atoms with Crippen molar-refractivity contribution in [2.24, 2.45) is 27.9 Å². The molecule has 0 spiro atoms. The molecule has 0 saturated heterocycles. The van der Waals surface area contributed by atoms with Gasteiger partial charge in [0, 0.05) is 15.8 Å². The highest BCUT2D eigenvalue weighted by Gasteiger charge is 2.60. The normalized spacial score (nSPS) is 46.0. The maximum atomic E-state index is 6.63. The quantitative estimate of drug-likeness (QED) is 0.790. The highest BCUT2D eigenvalue weighted by atomic mass is 32.1. The molecular weight excluding hydrogens is 274 g/mol. The summed E-state index contributed by atoms with van der Waals surface area (Å²) in [5, 5.41) is 0. The highest BCUT2D eigenvalue weighted by Crippen LogP contribution is 2.71. The largest absolute Gasteiger partial charge is 0.323 e. The van der Waals surface area contributed by atoms with Gasteiger partial charge in [0.05, 0.1) is 0 Å². The van der Waals surface area contributed by atoms with Crippen LogP contribution in [0.1, 0.15) is 74.6 Å². The van der Waals surface area contributed by atoms with E-state index in [1.165, 1.54) is 54.7 Å². The van der Waals surface area contributed by atoms with Crippen molar-refractivity contribution in [2.45, 2.75) is 71.8 Å². The van der Waals surface area contributed by atoms with Gasteiger partial charge < -0.3 is 5.73 Å². The third-order valence-corrected chi connectivity index (χ3v) is 7.65. The van der Waals surface area contributed by atoms with Crippen LogP contribution in [0.3, 0.4) is 0 Å². The lowest BCUT2D eigenvalue weighted by Crippen LogP contribution is -2.55. The molecule has 1 heterocycles. The molecule has 116 valence electrons. The van der Waals surface area contributed by atoms with Crippen molar-refractivity contribution in [3.8, 4) is 0 Å². The molecule has 3 atom stereocenters. The Kier molecular flexibility index (Phi) is 2.96. The van der Waals surface area contributed by atoms with Gasteiger partial charge >= 0.3 is 0 Å². The maximum Gasteiger partial charge on any atom is 0.0395 e. The molecule has 5 rings (SSSR count). The molecule has 2 N–H and O–H groups in total. The molecule has 21 heavy (non-hydrogen) atoms. The molecule has 4 aliphatic rings. The molecule has 4 bridgehead atoms. The fourth-order valence-electron chi connectivity index (χ4n) is 7.13. The Hall–Kier alpha value is -0.340. The SMILES string of the molecule is Cc1ccc(C(N)CC23CC4CC(C)(CC(C)(C4)C2)C3)s1. The van der Waals surface area contributed by atoms with Crippen LogP contribution in [0.25, 0.3) is 0 Å². The summed E-state index contributed by atoms with van der Waals surface area (Å²) in [5.41, 5.74) is 8.39. The summed E-state index contributed by atoms with van der Waals surface area (Å²) in [7, 11) is 0. The number of hydrogen-bond acceptors (Lipinski definition) is 2. The molecule has 4 saturated carbocycles.